The van der Waals surface area contributed by atoms with Crippen molar-refractivity contribution < 1.29 is 0 Å². The van der Waals surface area contributed by atoms with E-state index in [-0.39, 0.29) is 0 Å². The molecule has 0 bridgehead atoms. The van der Waals surface area contributed by atoms with Crippen LogP contribution in [0.5, 0.6) is 0 Å². The lowest BCUT2D eigenvalue weighted by atomic mass is 10.0. The second-order valence-electron chi connectivity index (χ2n) is 3.73. The number of hydrogen-bond acceptors (Lipinski definition) is 4. The van der Waals surface area contributed by atoms with Gasteiger partial charge in [0.1, 0.15) is 11.6 Å². The third kappa shape index (κ3) is 2.87. The Bertz CT molecular complexity index is 268. The van der Waals surface area contributed by atoms with Crippen LogP contribution in [-0.4, -0.2) is 16.0 Å². The Morgan fingerprint density at radius 3 is 2.50 bits per heavy atom. The molecule has 0 aromatic carbocycles. The van der Waals surface area contributed by atoms with Crippen molar-refractivity contribution in [2.45, 2.75) is 33.2 Å². The lowest BCUT2D eigenvalue weighted by Gasteiger charge is -2.20. The summed E-state index contributed by atoms with van der Waals surface area (Å²) in [7, 11) is 0. The van der Waals surface area contributed by atoms with Gasteiger partial charge in [0.15, 0.2) is 0 Å². The van der Waals surface area contributed by atoms with E-state index in [4.69, 9.17) is 5.73 Å². The first kappa shape index (κ1) is 10.8. The van der Waals surface area contributed by atoms with E-state index in [1.807, 2.05) is 0 Å². The molecule has 3 N–H and O–H groups in total. The second kappa shape index (κ2) is 4.79. The van der Waals surface area contributed by atoms with Crippen LogP contribution in [0.1, 0.15) is 27.2 Å². The van der Waals surface area contributed by atoms with E-state index >= 15 is 0 Å². The number of rotatable bonds is 4. The van der Waals surface area contributed by atoms with E-state index in [1.54, 1.807) is 12.4 Å². The highest BCUT2D eigenvalue weighted by Gasteiger charge is 2.10. The lowest BCUT2D eigenvalue weighted by molar-refractivity contribution is 0.509. The van der Waals surface area contributed by atoms with Crippen LogP contribution in [0.15, 0.2) is 12.4 Å². The summed E-state index contributed by atoms with van der Waals surface area (Å²) < 4.78 is 0. The molecular weight excluding hydrogens is 176 g/mol. The fourth-order valence-electron chi connectivity index (χ4n) is 1.34. The van der Waals surface area contributed by atoms with Crippen molar-refractivity contribution in [2.24, 2.45) is 5.92 Å². The standard InChI is InChI=1S/C10H18N4/c1-4-8(7(2)3)14-10-6-12-9(11)5-13-10/h5-8H,4H2,1-3H3,(H2,11,12)(H,13,14). The second-order valence-corrected chi connectivity index (χ2v) is 3.73. The van der Waals surface area contributed by atoms with Gasteiger partial charge >= 0.3 is 0 Å². The van der Waals surface area contributed by atoms with E-state index in [2.05, 4.69) is 36.1 Å². The molecule has 1 unspecified atom stereocenters. The van der Waals surface area contributed by atoms with Gasteiger partial charge in [-0.25, -0.2) is 9.97 Å². The predicted octanol–water partition coefficient (Wildman–Crippen LogP) is 1.91. The molecule has 0 amide bonds. The van der Waals surface area contributed by atoms with Crippen molar-refractivity contribution in [2.75, 3.05) is 11.1 Å². The molecule has 14 heavy (non-hydrogen) atoms. The minimum absolute atomic E-state index is 0.438. The fraction of sp³-hybridized carbons (Fsp3) is 0.600. The summed E-state index contributed by atoms with van der Waals surface area (Å²) in [6, 6.07) is 0.438. The van der Waals surface area contributed by atoms with Crippen molar-refractivity contribution in [1.82, 2.24) is 9.97 Å². The zero-order chi connectivity index (χ0) is 10.6. The van der Waals surface area contributed by atoms with Gasteiger partial charge in [-0.3, -0.25) is 0 Å². The van der Waals surface area contributed by atoms with Gasteiger partial charge in [-0.05, 0) is 12.3 Å². The molecule has 0 saturated carbocycles. The molecule has 0 aliphatic heterocycles. The predicted molar refractivity (Wildman–Crippen MR) is 59.0 cm³/mol. The number of hydrogen-bond donors (Lipinski definition) is 2. The minimum atomic E-state index is 0.438. The van der Waals surface area contributed by atoms with Gasteiger partial charge in [0, 0.05) is 6.04 Å². The molecule has 0 radical (unpaired) electrons. The molecule has 78 valence electrons. The van der Waals surface area contributed by atoms with Gasteiger partial charge in [0.25, 0.3) is 0 Å². The van der Waals surface area contributed by atoms with Gasteiger partial charge < -0.3 is 11.1 Å². The van der Waals surface area contributed by atoms with Gasteiger partial charge in [0.2, 0.25) is 0 Å². The Kier molecular flexibility index (Phi) is 3.68. The average Bonchev–Trinajstić information content (AvgIpc) is 2.16. The summed E-state index contributed by atoms with van der Waals surface area (Å²) in [6.45, 7) is 6.53. The number of anilines is 2. The number of nitrogens with one attached hydrogen (secondary N) is 1. The van der Waals surface area contributed by atoms with Crippen LogP contribution in [0.25, 0.3) is 0 Å². The monoisotopic (exact) mass is 194 g/mol. The van der Waals surface area contributed by atoms with E-state index in [0.29, 0.717) is 17.8 Å². The number of nitrogens with zero attached hydrogens (tertiary/aromatic N) is 2. The quantitative estimate of drug-likeness (QED) is 0.768. The molecule has 1 heterocycles. The lowest BCUT2D eigenvalue weighted by Crippen LogP contribution is -2.25. The zero-order valence-electron chi connectivity index (χ0n) is 8.99. The molecule has 0 aliphatic carbocycles. The summed E-state index contributed by atoms with van der Waals surface area (Å²) >= 11 is 0. The van der Waals surface area contributed by atoms with E-state index in [0.717, 1.165) is 12.2 Å². The van der Waals surface area contributed by atoms with Crippen molar-refractivity contribution in [3.8, 4) is 0 Å². The summed E-state index contributed by atoms with van der Waals surface area (Å²) in [5.74, 6) is 1.83. The molecule has 1 rings (SSSR count). The average molecular weight is 194 g/mol. The smallest absolute Gasteiger partial charge is 0.144 e. The highest BCUT2D eigenvalue weighted by molar-refractivity contribution is 5.36. The maximum Gasteiger partial charge on any atom is 0.144 e. The van der Waals surface area contributed by atoms with Crippen LogP contribution in [0, 0.1) is 5.92 Å². The van der Waals surface area contributed by atoms with Crippen LogP contribution in [-0.2, 0) is 0 Å². The maximum atomic E-state index is 5.45. The van der Waals surface area contributed by atoms with E-state index in [1.165, 1.54) is 0 Å². The largest absolute Gasteiger partial charge is 0.382 e. The Labute approximate surface area is 85.0 Å². The van der Waals surface area contributed by atoms with Crippen molar-refractivity contribution in [3.63, 3.8) is 0 Å². The molecule has 0 spiro atoms. The highest BCUT2D eigenvalue weighted by Crippen LogP contribution is 2.12. The van der Waals surface area contributed by atoms with Crippen LogP contribution >= 0.6 is 0 Å². The Morgan fingerprint density at radius 2 is 2.07 bits per heavy atom. The molecular formula is C10H18N4. The maximum absolute atomic E-state index is 5.45. The Hall–Kier alpha value is -1.32. The van der Waals surface area contributed by atoms with E-state index < -0.39 is 0 Å². The summed E-state index contributed by atoms with van der Waals surface area (Å²) in [4.78, 5) is 8.13. The zero-order valence-corrected chi connectivity index (χ0v) is 8.99. The third-order valence-electron chi connectivity index (χ3n) is 2.25. The molecule has 0 aliphatic rings. The van der Waals surface area contributed by atoms with Gasteiger partial charge in [-0.2, -0.15) is 0 Å². The molecule has 1 atom stereocenters. The van der Waals surface area contributed by atoms with Crippen molar-refractivity contribution >= 4 is 11.6 Å². The number of nitrogens with two attached hydrogens (primary N) is 1. The fourth-order valence-corrected chi connectivity index (χ4v) is 1.34. The minimum Gasteiger partial charge on any atom is -0.382 e. The van der Waals surface area contributed by atoms with Gasteiger partial charge in [0.05, 0.1) is 12.4 Å². The van der Waals surface area contributed by atoms with Crippen LogP contribution in [0.4, 0.5) is 11.6 Å². The molecule has 4 heteroatoms. The normalized spacial score (nSPS) is 12.9. The summed E-state index contributed by atoms with van der Waals surface area (Å²) in [5, 5.41) is 3.33. The summed E-state index contributed by atoms with van der Waals surface area (Å²) in [6.07, 6.45) is 4.31. The first-order valence-electron chi connectivity index (χ1n) is 4.97. The van der Waals surface area contributed by atoms with Crippen LogP contribution in [0.3, 0.4) is 0 Å². The number of nitrogen functional groups attached to an aromatic ring is 1. The van der Waals surface area contributed by atoms with Crippen molar-refractivity contribution in [3.05, 3.63) is 12.4 Å². The molecule has 0 fully saturated rings. The SMILES string of the molecule is CCC(Nc1cnc(N)cn1)C(C)C. The Balaban J connectivity index is 2.63. The van der Waals surface area contributed by atoms with Gasteiger partial charge in [-0.1, -0.05) is 20.8 Å². The van der Waals surface area contributed by atoms with Crippen molar-refractivity contribution in [1.29, 1.82) is 0 Å². The highest BCUT2D eigenvalue weighted by atomic mass is 15.0. The molecule has 1 aromatic rings. The van der Waals surface area contributed by atoms with Crippen LogP contribution in [0.2, 0.25) is 0 Å². The van der Waals surface area contributed by atoms with Crippen LogP contribution < -0.4 is 11.1 Å². The topological polar surface area (TPSA) is 63.8 Å². The first-order valence-corrected chi connectivity index (χ1v) is 4.97. The molecule has 0 saturated heterocycles. The van der Waals surface area contributed by atoms with E-state index in [9.17, 15) is 0 Å². The molecule has 4 nitrogen and oxygen atoms in total. The first-order chi connectivity index (χ1) is 6.63. The number of aromatic nitrogens is 2. The summed E-state index contributed by atoms with van der Waals surface area (Å²) in [5.41, 5.74) is 5.45. The Morgan fingerprint density at radius 1 is 1.36 bits per heavy atom. The third-order valence-corrected chi connectivity index (χ3v) is 2.25. The van der Waals surface area contributed by atoms with Gasteiger partial charge in [-0.15, -0.1) is 0 Å². The molecule has 1 aromatic heterocycles.